The maximum Gasteiger partial charge on any atom is 0.102 e. The predicted molar refractivity (Wildman–Crippen MR) is 66.4 cm³/mol. The van der Waals surface area contributed by atoms with Crippen molar-refractivity contribution in [2.45, 2.75) is 38.2 Å². The lowest BCUT2D eigenvalue weighted by molar-refractivity contribution is 0.0122. The molecule has 0 saturated carbocycles. The highest BCUT2D eigenvalue weighted by Crippen LogP contribution is 2.28. The second kappa shape index (κ2) is 4.98. The minimum absolute atomic E-state index is 0.651. The Kier molecular flexibility index (Phi) is 3.62. The van der Waals surface area contributed by atoms with Gasteiger partial charge in [0.2, 0.25) is 0 Å². The van der Waals surface area contributed by atoms with Crippen LogP contribution in [-0.4, -0.2) is 18.2 Å². The summed E-state index contributed by atoms with van der Waals surface area (Å²) in [6, 6.07) is 8.42. The molecule has 2 heteroatoms. The van der Waals surface area contributed by atoms with Gasteiger partial charge >= 0.3 is 0 Å². The number of nitrogens with one attached hydrogen (secondary N) is 1. The van der Waals surface area contributed by atoms with E-state index in [1.165, 1.54) is 5.56 Å². The molecule has 0 aliphatic carbocycles. The zero-order chi connectivity index (χ0) is 11.4. The topological polar surface area (TPSA) is 32.3 Å². The number of benzene rings is 1. The standard InChI is InChI=1S/C14H21NO/c1-2-5-12-6-3-7-13(10-12)14(16)8-4-9-15-11-14/h3,6-7,10,15-16H,2,4-5,8-9,11H2,1H3. The highest BCUT2D eigenvalue weighted by molar-refractivity contribution is 5.29. The van der Waals surface area contributed by atoms with Gasteiger partial charge in [-0.2, -0.15) is 0 Å². The lowest BCUT2D eigenvalue weighted by Gasteiger charge is -2.33. The van der Waals surface area contributed by atoms with Gasteiger partial charge in [0.05, 0.1) is 0 Å². The average molecular weight is 219 g/mol. The zero-order valence-electron chi connectivity index (χ0n) is 10.00. The van der Waals surface area contributed by atoms with Crippen LogP contribution in [0.15, 0.2) is 24.3 Å². The molecule has 2 nitrogen and oxygen atoms in total. The SMILES string of the molecule is CCCc1cccc(C2(O)CCCNC2)c1. The Bertz CT molecular complexity index is 342. The summed E-state index contributed by atoms with van der Waals surface area (Å²) in [5, 5.41) is 13.8. The van der Waals surface area contributed by atoms with Crippen LogP contribution in [-0.2, 0) is 12.0 Å². The molecule has 1 atom stereocenters. The first kappa shape index (κ1) is 11.6. The molecule has 1 unspecified atom stereocenters. The second-order valence-corrected chi connectivity index (χ2v) is 4.76. The molecular weight excluding hydrogens is 198 g/mol. The first-order valence-electron chi connectivity index (χ1n) is 6.27. The van der Waals surface area contributed by atoms with Crippen molar-refractivity contribution in [1.29, 1.82) is 0 Å². The molecule has 0 bridgehead atoms. The van der Waals surface area contributed by atoms with Crippen molar-refractivity contribution in [3.63, 3.8) is 0 Å². The number of β-amino-alcohol motifs (C(OH)–C–C–N with tert-alkyl or cyclic N) is 1. The number of hydrogen-bond donors (Lipinski definition) is 2. The average Bonchev–Trinajstić information content (AvgIpc) is 2.31. The fourth-order valence-electron chi connectivity index (χ4n) is 2.44. The first-order chi connectivity index (χ1) is 7.74. The Morgan fingerprint density at radius 1 is 1.44 bits per heavy atom. The lowest BCUT2D eigenvalue weighted by Crippen LogP contribution is -2.43. The number of rotatable bonds is 3. The van der Waals surface area contributed by atoms with Crippen molar-refractivity contribution in [2.75, 3.05) is 13.1 Å². The number of aliphatic hydroxyl groups is 1. The molecule has 1 aromatic rings. The van der Waals surface area contributed by atoms with E-state index in [9.17, 15) is 5.11 Å². The van der Waals surface area contributed by atoms with E-state index >= 15 is 0 Å². The quantitative estimate of drug-likeness (QED) is 0.817. The van der Waals surface area contributed by atoms with E-state index in [2.05, 4.69) is 30.4 Å². The second-order valence-electron chi connectivity index (χ2n) is 4.76. The van der Waals surface area contributed by atoms with Crippen LogP contribution < -0.4 is 5.32 Å². The van der Waals surface area contributed by atoms with Crippen molar-refractivity contribution in [2.24, 2.45) is 0 Å². The van der Waals surface area contributed by atoms with Gasteiger partial charge in [-0.15, -0.1) is 0 Å². The Labute approximate surface area is 97.7 Å². The predicted octanol–water partition coefficient (Wildman–Crippen LogP) is 2.21. The Hall–Kier alpha value is -0.860. The van der Waals surface area contributed by atoms with E-state index in [1.54, 1.807) is 0 Å². The van der Waals surface area contributed by atoms with Crippen LogP contribution in [0.3, 0.4) is 0 Å². The fourth-order valence-corrected chi connectivity index (χ4v) is 2.44. The molecule has 2 N–H and O–H groups in total. The number of hydrogen-bond acceptors (Lipinski definition) is 2. The summed E-state index contributed by atoms with van der Waals surface area (Å²) in [6.07, 6.45) is 4.17. The Morgan fingerprint density at radius 3 is 3.00 bits per heavy atom. The third kappa shape index (κ3) is 2.45. The molecule has 0 radical (unpaired) electrons. The summed E-state index contributed by atoms with van der Waals surface area (Å²) in [5.74, 6) is 0. The highest BCUT2D eigenvalue weighted by Gasteiger charge is 2.30. The molecule has 1 aliphatic heterocycles. The highest BCUT2D eigenvalue weighted by atomic mass is 16.3. The molecule has 1 fully saturated rings. The van der Waals surface area contributed by atoms with Crippen molar-refractivity contribution in [1.82, 2.24) is 5.32 Å². The maximum atomic E-state index is 10.6. The fraction of sp³-hybridized carbons (Fsp3) is 0.571. The summed E-state index contributed by atoms with van der Waals surface area (Å²) in [7, 11) is 0. The monoisotopic (exact) mass is 219 g/mol. The van der Waals surface area contributed by atoms with Gasteiger partial charge in [0.15, 0.2) is 0 Å². The first-order valence-corrected chi connectivity index (χ1v) is 6.27. The van der Waals surface area contributed by atoms with E-state index in [4.69, 9.17) is 0 Å². The largest absolute Gasteiger partial charge is 0.384 e. The van der Waals surface area contributed by atoms with Crippen molar-refractivity contribution in [3.05, 3.63) is 35.4 Å². The van der Waals surface area contributed by atoms with Gasteiger partial charge < -0.3 is 10.4 Å². The summed E-state index contributed by atoms with van der Waals surface area (Å²) >= 11 is 0. The molecule has 2 rings (SSSR count). The van der Waals surface area contributed by atoms with Crippen molar-refractivity contribution in [3.8, 4) is 0 Å². The van der Waals surface area contributed by atoms with Crippen LogP contribution >= 0.6 is 0 Å². The summed E-state index contributed by atoms with van der Waals surface area (Å²) in [5.41, 5.74) is 1.76. The minimum Gasteiger partial charge on any atom is -0.384 e. The molecule has 1 heterocycles. The van der Waals surface area contributed by atoms with Gasteiger partial charge in [-0.25, -0.2) is 0 Å². The molecule has 0 aromatic heterocycles. The molecule has 0 spiro atoms. The smallest absolute Gasteiger partial charge is 0.102 e. The molecule has 1 saturated heterocycles. The molecule has 1 aromatic carbocycles. The molecule has 1 aliphatic rings. The van der Waals surface area contributed by atoms with E-state index in [0.717, 1.165) is 37.8 Å². The number of piperidine rings is 1. The molecule has 0 amide bonds. The van der Waals surface area contributed by atoms with Gasteiger partial charge in [0.25, 0.3) is 0 Å². The van der Waals surface area contributed by atoms with E-state index in [1.807, 2.05) is 6.07 Å². The van der Waals surface area contributed by atoms with Crippen LogP contribution in [0.4, 0.5) is 0 Å². The molecule has 16 heavy (non-hydrogen) atoms. The van der Waals surface area contributed by atoms with Gasteiger partial charge in [0, 0.05) is 6.54 Å². The number of aryl methyl sites for hydroxylation is 1. The molecular formula is C14H21NO. The summed E-state index contributed by atoms with van der Waals surface area (Å²) in [4.78, 5) is 0. The van der Waals surface area contributed by atoms with E-state index in [0.29, 0.717) is 6.54 Å². The van der Waals surface area contributed by atoms with Gasteiger partial charge in [-0.1, -0.05) is 37.6 Å². The van der Waals surface area contributed by atoms with Gasteiger partial charge in [0.1, 0.15) is 5.60 Å². The zero-order valence-corrected chi connectivity index (χ0v) is 10.00. The van der Waals surface area contributed by atoms with Gasteiger partial charge in [-0.3, -0.25) is 0 Å². The summed E-state index contributed by atoms with van der Waals surface area (Å²) < 4.78 is 0. The van der Waals surface area contributed by atoms with Crippen molar-refractivity contribution < 1.29 is 5.11 Å². The lowest BCUT2D eigenvalue weighted by atomic mass is 9.85. The van der Waals surface area contributed by atoms with Crippen LogP contribution in [0.1, 0.15) is 37.3 Å². The van der Waals surface area contributed by atoms with Crippen molar-refractivity contribution >= 4 is 0 Å². The third-order valence-electron chi connectivity index (χ3n) is 3.36. The van der Waals surface area contributed by atoms with E-state index < -0.39 is 5.60 Å². The normalized spacial score (nSPS) is 25.6. The Morgan fingerprint density at radius 2 is 2.31 bits per heavy atom. The molecule has 88 valence electrons. The van der Waals surface area contributed by atoms with E-state index in [-0.39, 0.29) is 0 Å². The van der Waals surface area contributed by atoms with Crippen LogP contribution in [0, 0.1) is 0 Å². The van der Waals surface area contributed by atoms with Crippen LogP contribution in [0.2, 0.25) is 0 Å². The van der Waals surface area contributed by atoms with Crippen LogP contribution in [0.5, 0.6) is 0 Å². The van der Waals surface area contributed by atoms with Crippen LogP contribution in [0.25, 0.3) is 0 Å². The minimum atomic E-state index is -0.651. The van der Waals surface area contributed by atoms with Gasteiger partial charge in [-0.05, 0) is 36.9 Å². The maximum absolute atomic E-state index is 10.6. The Balaban J connectivity index is 2.21. The third-order valence-corrected chi connectivity index (χ3v) is 3.36. The summed E-state index contributed by atoms with van der Waals surface area (Å²) in [6.45, 7) is 3.89.